The number of para-hydroxylation sites is 1. The van der Waals surface area contributed by atoms with E-state index in [4.69, 9.17) is 0 Å². The summed E-state index contributed by atoms with van der Waals surface area (Å²) in [4.78, 5) is 11.4. The number of methoxy groups -OCH3 is 1. The minimum absolute atomic E-state index is 0.0171. The second-order valence-corrected chi connectivity index (χ2v) is 3.49. The van der Waals surface area contributed by atoms with E-state index >= 15 is 0 Å². The van der Waals surface area contributed by atoms with Crippen molar-refractivity contribution in [3.05, 3.63) is 35.4 Å². The predicted molar refractivity (Wildman–Crippen MR) is 63.4 cm³/mol. The van der Waals surface area contributed by atoms with Gasteiger partial charge in [-0.05, 0) is 25.0 Å². The van der Waals surface area contributed by atoms with E-state index < -0.39 is 5.97 Å². The van der Waals surface area contributed by atoms with Gasteiger partial charge in [0.25, 0.3) is 0 Å². The van der Waals surface area contributed by atoms with Crippen molar-refractivity contribution < 1.29 is 14.6 Å². The molecule has 0 radical (unpaired) electrons. The lowest BCUT2D eigenvalue weighted by atomic mass is 10.0. The van der Waals surface area contributed by atoms with Gasteiger partial charge in [-0.25, -0.2) is 4.79 Å². The molecule has 1 aromatic carbocycles. The van der Waals surface area contributed by atoms with Gasteiger partial charge in [0, 0.05) is 5.56 Å². The Balaban J connectivity index is 3.24. The van der Waals surface area contributed by atoms with Crippen molar-refractivity contribution in [2.24, 2.45) is 0 Å². The number of esters is 1. The van der Waals surface area contributed by atoms with Crippen LogP contribution in [0.1, 0.15) is 36.2 Å². The van der Waals surface area contributed by atoms with Gasteiger partial charge >= 0.3 is 5.97 Å². The number of rotatable bonds is 3. The highest BCUT2D eigenvalue weighted by Gasteiger charge is 2.14. The number of benzene rings is 1. The van der Waals surface area contributed by atoms with Crippen LogP contribution in [0.15, 0.2) is 24.3 Å². The highest BCUT2D eigenvalue weighted by atomic mass is 16.5. The Morgan fingerprint density at radius 1 is 1.44 bits per heavy atom. The normalized spacial score (nSPS) is 11.3. The minimum atomic E-state index is -0.524. The number of hydrogen-bond donors (Lipinski definition) is 1. The van der Waals surface area contributed by atoms with Crippen LogP contribution in [0, 0.1) is 0 Å². The summed E-state index contributed by atoms with van der Waals surface area (Å²) in [5, 5.41) is 9.95. The van der Waals surface area contributed by atoms with Crippen molar-refractivity contribution in [3.63, 3.8) is 0 Å². The van der Waals surface area contributed by atoms with Gasteiger partial charge in [-0.2, -0.15) is 0 Å². The van der Waals surface area contributed by atoms with Crippen LogP contribution in [0.25, 0.3) is 5.57 Å². The maximum Gasteiger partial charge on any atom is 0.341 e. The molecular formula is C13H16O3. The monoisotopic (exact) mass is 220 g/mol. The zero-order valence-electron chi connectivity index (χ0n) is 9.78. The van der Waals surface area contributed by atoms with Gasteiger partial charge in [0.2, 0.25) is 0 Å². The number of phenolic OH excluding ortho intramolecular Hbond substituents is 1. The third kappa shape index (κ3) is 2.42. The van der Waals surface area contributed by atoms with Crippen LogP contribution in [0.3, 0.4) is 0 Å². The summed E-state index contributed by atoms with van der Waals surface area (Å²) in [6.45, 7) is 3.92. The number of carbonyl (C=O) groups excluding carboxylic acids is 1. The summed E-state index contributed by atoms with van der Waals surface area (Å²) in [6, 6.07) is 5.06. The van der Waals surface area contributed by atoms with Gasteiger partial charge in [0.1, 0.15) is 11.3 Å². The van der Waals surface area contributed by atoms with Crippen molar-refractivity contribution in [3.8, 4) is 5.75 Å². The van der Waals surface area contributed by atoms with Crippen LogP contribution in [0.4, 0.5) is 0 Å². The molecule has 0 atom stereocenters. The molecule has 0 aromatic heterocycles. The molecule has 0 heterocycles. The van der Waals surface area contributed by atoms with E-state index in [1.54, 1.807) is 18.2 Å². The third-order valence-corrected chi connectivity index (χ3v) is 2.38. The second kappa shape index (κ2) is 5.35. The molecule has 0 aliphatic rings. The molecule has 16 heavy (non-hydrogen) atoms. The summed E-state index contributed by atoms with van der Waals surface area (Å²) in [5.41, 5.74) is 1.82. The molecule has 0 amide bonds. The molecule has 3 nitrogen and oxygen atoms in total. The molecule has 0 aliphatic carbocycles. The molecule has 0 aliphatic heterocycles. The van der Waals surface area contributed by atoms with Crippen molar-refractivity contribution in [1.82, 2.24) is 0 Å². The minimum Gasteiger partial charge on any atom is -0.506 e. The Morgan fingerprint density at radius 2 is 2.06 bits per heavy atom. The standard InChI is InChI=1S/C13H16O3/c1-4-6-9(2)10-7-5-8-11(12(10)14)13(15)16-3/h5-8,14H,4H2,1-3H3/b9-6-. The van der Waals surface area contributed by atoms with E-state index in [1.807, 2.05) is 19.9 Å². The summed E-state index contributed by atoms with van der Waals surface area (Å²) in [7, 11) is 1.29. The number of ether oxygens (including phenoxy) is 1. The first-order chi connectivity index (χ1) is 7.61. The molecule has 1 aromatic rings. The maximum absolute atomic E-state index is 11.4. The molecule has 0 fully saturated rings. The van der Waals surface area contributed by atoms with E-state index in [-0.39, 0.29) is 11.3 Å². The van der Waals surface area contributed by atoms with Gasteiger partial charge in [0.05, 0.1) is 7.11 Å². The maximum atomic E-state index is 11.4. The fourth-order valence-electron chi connectivity index (χ4n) is 1.55. The lowest BCUT2D eigenvalue weighted by Crippen LogP contribution is -2.02. The molecule has 3 heteroatoms. The van der Waals surface area contributed by atoms with Gasteiger partial charge in [-0.15, -0.1) is 0 Å². The summed E-state index contributed by atoms with van der Waals surface area (Å²) >= 11 is 0. The fraction of sp³-hybridized carbons (Fsp3) is 0.308. The number of aromatic hydroxyl groups is 1. The molecular weight excluding hydrogens is 204 g/mol. The van der Waals surface area contributed by atoms with E-state index in [0.29, 0.717) is 5.56 Å². The third-order valence-electron chi connectivity index (χ3n) is 2.38. The van der Waals surface area contributed by atoms with Crippen molar-refractivity contribution in [2.75, 3.05) is 7.11 Å². The van der Waals surface area contributed by atoms with E-state index in [2.05, 4.69) is 4.74 Å². The second-order valence-electron chi connectivity index (χ2n) is 3.49. The molecule has 0 unspecified atom stereocenters. The smallest absolute Gasteiger partial charge is 0.341 e. The average Bonchev–Trinajstić information content (AvgIpc) is 2.28. The highest BCUT2D eigenvalue weighted by molar-refractivity contribution is 5.94. The average molecular weight is 220 g/mol. The summed E-state index contributed by atoms with van der Waals surface area (Å²) in [5.74, 6) is -0.541. The Kier molecular flexibility index (Phi) is 4.11. The van der Waals surface area contributed by atoms with Gasteiger partial charge < -0.3 is 9.84 Å². The van der Waals surface area contributed by atoms with Gasteiger partial charge in [-0.1, -0.05) is 25.1 Å². The number of phenols is 1. The Bertz CT molecular complexity index is 419. The van der Waals surface area contributed by atoms with Crippen LogP contribution in [0.2, 0.25) is 0 Å². The molecule has 86 valence electrons. The van der Waals surface area contributed by atoms with Crippen molar-refractivity contribution in [1.29, 1.82) is 0 Å². The Labute approximate surface area is 95.4 Å². The lowest BCUT2D eigenvalue weighted by Gasteiger charge is -2.08. The molecule has 1 N–H and O–H groups in total. The highest BCUT2D eigenvalue weighted by Crippen LogP contribution is 2.29. The zero-order chi connectivity index (χ0) is 12.1. The summed E-state index contributed by atoms with van der Waals surface area (Å²) < 4.78 is 4.59. The number of carbonyl (C=O) groups is 1. The topological polar surface area (TPSA) is 46.5 Å². The first kappa shape index (κ1) is 12.3. The fourth-order valence-corrected chi connectivity index (χ4v) is 1.55. The molecule has 0 saturated heterocycles. The quantitative estimate of drug-likeness (QED) is 0.796. The molecule has 1 rings (SSSR count). The van der Waals surface area contributed by atoms with Gasteiger partial charge in [0.15, 0.2) is 0 Å². The molecule has 0 spiro atoms. The van der Waals surface area contributed by atoms with Crippen LogP contribution >= 0.6 is 0 Å². The SMILES string of the molecule is CC/C=C(/C)c1cccc(C(=O)OC)c1O. The molecule has 0 saturated carbocycles. The van der Waals surface area contributed by atoms with E-state index in [1.165, 1.54) is 7.11 Å². The first-order valence-electron chi connectivity index (χ1n) is 5.19. The lowest BCUT2D eigenvalue weighted by molar-refractivity contribution is 0.0597. The van der Waals surface area contributed by atoms with Crippen LogP contribution in [0.5, 0.6) is 5.75 Å². The zero-order valence-corrected chi connectivity index (χ0v) is 9.78. The number of allylic oxidation sites excluding steroid dienone is 2. The summed E-state index contributed by atoms with van der Waals surface area (Å²) in [6.07, 6.45) is 2.88. The molecule has 0 bridgehead atoms. The van der Waals surface area contributed by atoms with Crippen molar-refractivity contribution in [2.45, 2.75) is 20.3 Å². The van der Waals surface area contributed by atoms with Crippen LogP contribution in [-0.4, -0.2) is 18.2 Å². The van der Waals surface area contributed by atoms with Crippen LogP contribution in [-0.2, 0) is 4.74 Å². The number of hydrogen-bond acceptors (Lipinski definition) is 3. The Morgan fingerprint density at radius 3 is 2.62 bits per heavy atom. The van der Waals surface area contributed by atoms with Crippen LogP contribution < -0.4 is 0 Å². The van der Waals surface area contributed by atoms with E-state index in [9.17, 15) is 9.90 Å². The predicted octanol–water partition coefficient (Wildman–Crippen LogP) is 2.99. The largest absolute Gasteiger partial charge is 0.506 e. The Hall–Kier alpha value is -1.77. The first-order valence-corrected chi connectivity index (χ1v) is 5.19. The van der Waals surface area contributed by atoms with Gasteiger partial charge in [-0.3, -0.25) is 0 Å². The van der Waals surface area contributed by atoms with Crippen molar-refractivity contribution >= 4 is 11.5 Å². The van der Waals surface area contributed by atoms with E-state index in [0.717, 1.165) is 12.0 Å².